The number of hydrogen-bond acceptors (Lipinski definition) is 3. The number of nitrogens with zero attached hydrogens (tertiary/aromatic N) is 1. The van der Waals surface area contributed by atoms with Crippen LogP contribution in [0.1, 0.15) is 22.8 Å². The molecular formula is C15H16FN3O. The Morgan fingerprint density at radius 1 is 1.35 bits per heavy atom. The summed E-state index contributed by atoms with van der Waals surface area (Å²) in [6.07, 6.45) is 3.26. The molecule has 0 spiro atoms. The Bertz CT molecular complexity index is 628. The van der Waals surface area contributed by atoms with E-state index in [2.05, 4.69) is 15.6 Å². The first-order valence-corrected chi connectivity index (χ1v) is 6.37. The highest BCUT2D eigenvalue weighted by atomic mass is 19.1. The molecule has 0 aliphatic rings. The number of nitrogens with one attached hydrogen (secondary N) is 2. The van der Waals surface area contributed by atoms with Crippen LogP contribution in [-0.2, 0) is 0 Å². The largest absolute Gasteiger partial charge is 0.382 e. The number of carbonyl (C=O) groups excluding carboxylic acids is 1. The number of carbonyl (C=O) groups is 1. The molecule has 0 atom stereocenters. The van der Waals surface area contributed by atoms with Crippen molar-refractivity contribution in [3.63, 3.8) is 0 Å². The lowest BCUT2D eigenvalue weighted by molar-refractivity contribution is 0.102. The summed E-state index contributed by atoms with van der Waals surface area (Å²) in [5, 5.41) is 5.64. The fourth-order valence-electron chi connectivity index (χ4n) is 1.87. The van der Waals surface area contributed by atoms with Gasteiger partial charge >= 0.3 is 0 Å². The molecule has 1 aromatic heterocycles. The number of para-hydroxylation sites is 1. The minimum absolute atomic E-state index is 0.221. The molecule has 0 fully saturated rings. The molecule has 0 saturated heterocycles. The Labute approximate surface area is 117 Å². The van der Waals surface area contributed by atoms with Crippen molar-refractivity contribution in [1.29, 1.82) is 0 Å². The molecule has 20 heavy (non-hydrogen) atoms. The van der Waals surface area contributed by atoms with Gasteiger partial charge in [-0.05, 0) is 37.6 Å². The maximum absolute atomic E-state index is 13.8. The molecule has 1 heterocycles. The van der Waals surface area contributed by atoms with E-state index in [0.29, 0.717) is 12.2 Å². The van der Waals surface area contributed by atoms with Crippen molar-refractivity contribution in [2.75, 3.05) is 17.2 Å². The van der Waals surface area contributed by atoms with Gasteiger partial charge in [0, 0.05) is 24.6 Å². The van der Waals surface area contributed by atoms with E-state index < -0.39 is 5.82 Å². The lowest BCUT2D eigenvalue weighted by Crippen LogP contribution is -2.16. The van der Waals surface area contributed by atoms with Crippen LogP contribution in [-0.4, -0.2) is 17.4 Å². The number of pyridine rings is 1. The van der Waals surface area contributed by atoms with Crippen molar-refractivity contribution in [3.8, 4) is 0 Å². The summed E-state index contributed by atoms with van der Waals surface area (Å²) in [6, 6.07) is 6.14. The highest BCUT2D eigenvalue weighted by Gasteiger charge is 2.15. The molecule has 2 N–H and O–H groups in total. The molecule has 5 heteroatoms. The van der Waals surface area contributed by atoms with E-state index in [1.165, 1.54) is 12.1 Å². The van der Waals surface area contributed by atoms with Crippen molar-refractivity contribution in [2.24, 2.45) is 0 Å². The Hall–Kier alpha value is -2.43. The number of aryl methyl sites for hydroxylation is 1. The zero-order chi connectivity index (χ0) is 14.5. The fraction of sp³-hybridized carbons (Fsp3) is 0.200. The molecule has 4 nitrogen and oxygen atoms in total. The number of anilines is 2. The summed E-state index contributed by atoms with van der Waals surface area (Å²) in [4.78, 5) is 16.2. The molecule has 0 radical (unpaired) electrons. The molecule has 0 unspecified atom stereocenters. The molecule has 0 aliphatic heterocycles. The third kappa shape index (κ3) is 2.93. The summed E-state index contributed by atoms with van der Waals surface area (Å²) in [7, 11) is 0. The lowest BCUT2D eigenvalue weighted by Gasteiger charge is -2.12. The summed E-state index contributed by atoms with van der Waals surface area (Å²) in [6.45, 7) is 4.23. The maximum atomic E-state index is 13.8. The zero-order valence-corrected chi connectivity index (χ0v) is 11.4. The predicted octanol–water partition coefficient (Wildman–Crippen LogP) is 3.21. The van der Waals surface area contributed by atoms with Crippen LogP contribution >= 0.6 is 0 Å². The van der Waals surface area contributed by atoms with Crippen LogP contribution in [0.2, 0.25) is 0 Å². The summed E-state index contributed by atoms with van der Waals surface area (Å²) >= 11 is 0. The van der Waals surface area contributed by atoms with Crippen LogP contribution in [0, 0.1) is 12.7 Å². The molecular weight excluding hydrogens is 257 g/mol. The smallest absolute Gasteiger partial charge is 0.257 e. The summed E-state index contributed by atoms with van der Waals surface area (Å²) in [5.74, 6) is -0.791. The molecule has 0 bridgehead atoms. The quantitative estimate of drug-likeness (QED) is 0.899. The van der Waals surface area contributed by atoms with Crippen LogP contribution in [0.25, 0.3) is 0 Å². The van der Waals surface area contributed by atoms with E-state index in [1.807, 2.05) is 13.8 Å². The van der Waals surface area contributed by atoms with Crippen molar-refractivity contribution in [1.82, 2.24) is 4.98 Å². The Morgan fingerprint density at radius 2 is 2.15 bits per heavy atom. The van der Waals surface area contributed by atoms with Gasteiger partial charge in [-0.25, -0.2) is 4.39 Å². The van der Waals surface area contributed by atoms with E-state index in [0.717, 1.165) is 5.56 Å². The van der Waals surface area contributed by atoms with E-state index in [-0.39, 0.29) is 17.2 Å². The minimum Gasteiger partial charge on any atom is -0.382 e. The Balaban J connectivity index is 2.30. The van der Waals surface area contributed by atoms with Gasteiger partial charge in [-0.15, -0.1) is 0 Å². The minimum atomic E-state index is -0.439. The van der Waals surface area contributed by atoms with Gasteiger partial charge in [0.05, 0.1) is 11.3 Å². The van der Waals surface area contributed by atoms with Crippen molar-refractivity contribution in [2.45, 2.75) is 13.8 Å². The number of amides is 1. The van der Waals surface area contributed by atoms with E-state index in [1.54, 1.807) is 24.5 Å². The SMILES string of the molecule is CCNc1c(F)cccc1C(=O)Nc1ccncc1C. The second-order valence-corrected chi connectivity index (χ2v) is 4.34. The number of rotatable bonds is 4. The van der Waals surface area contributed by atoms with Gasteiger partial charge in [0.2, 0.25) is 0 Å². The summed E-state index contributed by atoms with van der Waals surface area (Å²) < 4.78 is 13.8. The first-order chi connectivity index (χ1) is 9.63. The van der Waals surface area contributed by atoms with Gasteiger partial charge in [-0.3, -0.25) is 9.78 Å². The first-order valence-electron chi connectivity index (χ1n) is 6.37. The number of benzene rings is 1. The number of hydrogen-bond donors (Lipinski definition) is 2. The summed E-state index contributed by atoms with van der Waals surface area (Å²) in [5.41, 5.74) is 2.02. The Kier molecular flexibility index (Phi) is 4.30. The normalized spacial score (nSPS) is 10.2. The third-order valence-electron chi connectivity index (χ3n) is 2.88. The number of halogens is 1. The van der Waals surface area contributed by atoms with Gasteiger partial charge in [0.1, 0.15) is 5.82 Å². The highest BCUT2D eigenvalue weighted by Crippen LogP contribution is 2.21. The second-order valence-electron chi connectivity index (χ2n) is 4.34. The standard InChI is InChI=1S/C15H16FN3O/c1-3-18-14-11(5-4-6-12(14)16)15(20)19-13-7-8-17-9-10(13)2/h4-9,18H,3H2,1-2H3,(H,17,19,20). The number of aromatic nitrogens is 1. The molecule has 0 aliphatic carbocycles. The lowest BCUT2D eigenvalue weighted by atomic mass is 10.1. The van der Waals surface area contributed by atoms with Crippen LogP contribution in [0.4, 0.5) is 15.8 Å². The molecule has 104 valence electrons. The van der Waals surface area contributed by atoms with Crippen molar-refractivity contribution in [3.05, 3.63) is 53.6 Å². The molecule has 2 aromatic rings. The van der Waals surface area contributed by atoms with E-state index >= 15 is 0 Å². The topological polar surface area (TPSA) is 54.0 Å². The van der Waals surface area contributed by atoms with Gasteiger partial charge in [-0.1, -0.05) is 6.07 Å². The van der Waals surface area contributed by atoms with E-state index in [9.17, 15) is 9.18 Å². The Morgan fingerprint density at radius 3 is 2.85 bits per heavy atom. The van der Waals surface area contributed by atoms with Crippen LogP contribution < -0.4 is 10.6 Å². The van der Waals surface area contributed by atoms with Gasteiger partial charge in [-0.2, -0.15) is 0 Å². The maximum Gasteiger partial charge on any atom is 0.257 e. The third-order valence-corrected chi connectivity index (χ3v) is 2.88. The highest BCUT2D eigenvalue weighted by molar-refractivity contribution is 6.08. The zero-order valence-electron chi connectivity index (χ0n) is 11.4. The van der Waals surface area contributed by atoms with Crippen molar-refractivity contribution < 1.29 is 9.18 Å². The monoisotopic (exact) mass is 273 g/mol. The molecule has 2 rings (SSSR count). The predicted molar refractivity (Wildman–Crippen MR) is 77.5 cm³/mol. The molecule has 1 amide bonds. The van der Waals surface area contributed by atoms with Crippen LogP contribution in [0.15, 0.2) is 36.7 Å². The average molecular weight is 273 g/mol. The average Bonchev–Trinajstić information content (AvgIpc) is 2.43. The first kappa shape index (κ1) is 14.0. The van der Waals surface area contributed by atoms with E-state index in [4.69, 9.17) is 0 Å². The fourth-order valence-corrected chi connectivity index (χ4v) is 1.87. The van der Waals surface area contributed by atoms with Crippen molar-refractivity contribution >= 4 is 17.3 Å². The van der Waals surface area contributed by atoms with Gasteiger partial charge in [0.25, 0.3) is 5.91 Å². The van der Waals surface area contributed by atoms with Gasteiger partial charge in [0.15, 0.2) is 0 Å². The second kappa shape index (κ2) is 6.14. The molecule has 0 saturated carbocycles. The van der Waals surface area contributed by atoms with Crippen LogP contribution in [0.5, 0.6) is 0 Å². The van der Waals surface area contributed by atoms with Gasteiger partial charge < -0.3 is 10.6 Å². The molecule has 1 aromatic carbocycles. The van der Waals surface area contributed by atoms with Crippen LogP contribution in [0.3, 0.4) is 0 Å².